The highest BCUT2D eigenvalue weighted by Gasteiger charge is 2.04. The average Bonchev–Trinajstić information content (AvgIpc) is 2.45. The number of hydrogen-bond donors (Lipinski definition) is 1. The molecule has 0 saturated carbocycles. The number of hydrogen-bond acceptors (Lipinski definition) is 2. The summed E-state index contributed by atoms with van der Waals surface area (Å²) in [5, 5.41) is 3.48. The van der Waals surface area contributed by atoms with Crippen LogP contribution in [0.1, 0.15) is 36.5 Å². The van der Waals surface area contributed by atoms with Crippen LogP contribution in [0.15, 0.2) is 42.5 Å². The molecule has 106 valence electrons. The van der Waals surface area contributed by atoms with Gasteiger partial charge in [-0.25, -0.2) is 0 Å². The average molecular weight is 269 g/mol. The zero-order chi connectivity index (χ0) is 14.5. The smallest absolute Gasteiger partial charge is 0.123 e. The van der Waals surface area contributed by atoms with Gasteiger partial charge in [-0.3, -0.25) is 0 Å². The van der Waals surface area contributed by atoms with E-state index >= 15 is 0 Å². The molecule has 2 heteroatoms. The Balaban J connectivity index is 2.12. The first-order valence-electron chi connectivity index (χ1n) is 7.07. The highest BCUT2D eigenvalue weighted by Crippen LogP contribution is 2.22. The van der Waals surface area contributed by atoms with Gasteiger partial charge in [-0.15, -0.1) is 0 Å². The van der Waals surface area contributed by atoms with E-state index in [1.165, 1.54) is 16.7 Å². The molecule has 0 amide bonds. The molecule has 0 bridgehead atoms. The lowest BCUT2D eigenvalue weighted by molar-refractivity contribution is 0.410. The molecule has 0 aliphatic rings. The van der Waals surface area contributed by atoms with Crippen molar-refractivity contribution in [3.8, 4) is 5.75 Å². The van der Waals surface area contributed by atoms with Crippen molar-refractivity contribution in [1.82, 2.24) is 0 Å². The summed E-state index contributed by atoms with van der Waals surface area (Å²) in [5.41, 5.74) is 4.94. The molecule has 0 unspecified atom stereocenters. The summed E-state index contributed by atoms with van der Waals surface area (Å²) >= 11 is 0. The summed E-state index contributed by atoms with van der Waals surface area (Å²) in [6, 6.07) is 14.9. The fourth-order valence-corrected chi connectivity index (χ4v) is 2.25. The molecule has 0 saturated heterocycles. The van der Waals surface area contributed by atoms with Crippen LogP contribution in [0.5, 0.6) is 5.75 Å². The molecule has 20 heavy (non-hydrogen) atoms. The number of benzene rings is 2. The van der Waals surface area contributed by atoms with Gasteiger partial charge >= 0.3 is 0 Å². The molecule has 0 heterocycles. The fourth-order valence-electron chi connectivity index (χ4n) is 2.25. The topological polar surface area (TPSA) is 21.3 Å². The van der Waals surface area contributed by atoms with Crippen molar-refractivity contribution in [3.63, 3.8) is 0 Å². The van der Waals surface area contributed by atoms with Crippen LogP contribution >= 0.6 is 0 Å². The van der Waals surface area contributed by atoms with E-state index in [0.29, 0.717) is 5.92 Å². The number of nitrogens with one attached hydrogen (secondary N) is 1. The zero-order valence-electron chi connectivity index (χ0n) is 12.7. The van der Waals surface area contributed by atoms with Crippen molar-refractivity contribution in [2.45, 2.75) is 33.2 Å². The number of anilines is 1. The van der Waals surface area contributed by atoms with Crippen LogP contribution in [0.4, 0.5) is 5.69 Å². The third kappa shape index (κ3) is 3.53. The Bertz CT molecular complexity index is 575. The first kappa shape index (κ1) is 14.4. The summed E-state index contributed by atoms with van der Waals surface area (Å²) in [4.78, 5) is 0. The molecule has 0 spiro atoms. The molecule has 0 aliphatic carbocycles. The maximum atomic E-state index is 5.41. The lowest BCUT2D eigenvalue weighted by atomic mass is 10.0. The maximum absolute atomic E-state index is 5.41. The Kier molecular flexibility index (Phi) is 4.67. The van der Waals surface area contributed by atoms with Crippen molar-refractivity contribution < 1.29 is 4.74 Å². The monoisotopic (exact) mass is 269 g/mol. The quantitative estimate of drug-likeness (QED) is 0.846. The lowest BCUT2D eigenvalue weighted by Crippen LogP contribution is -2.02. The van der Waals surface area contributed by atoms with Crippen LogP contribution in [0, 0.1) is 6.92 Å². The molecule has 0 aliphatic heterocycles. The zero-order valence-corrected chi connectivity index (χ0v) is 12.7. The van der Waals surface area contributed by atoms with Gasteiger partial charge in [0.05, 0.1) is 7.11 Å². The van der Waals surface area contributed by atoms with E-state index in [2.05, 4.69) is 62.5 Å². The molecule has 0 fully saturated rings. The van der Waals surface area contributed by atoms with Gasteiger partial charge in [-0.1, -0.05) is 43.7 Å². The lowest BCUT2D eigenvalue weighted by Gasteiger charge is -2.13. The van der Waals surface area contributed by atoms with Crippen molar-refractivity contribution in [3.05, 3.63) is 59.2 Å². The van der Waals surface area contributed by atoms with Gasteiger partial charge in [-0.05, 0) is 36.6 Å². The van der Waals surface area contributed by atoms with E-state index in [-0.39, 0.29) is 0 Å². The molecule has 2 nitrogen and oxygen atoms in total. The fraction of sp³-hybridized carbons (Fsp3) is 0.333. The predicted octanol–water partition coefficient (Wildman–Crippen LogP) is 4.74. The SMILES string of the molecule is COc1ccc(C)cc1CNc1cccc(C(C)C)c1. The van der Waals surface area contributed by atoms with Crippen LogP contribution in [0.2, 0.25) is 0 Å². The molecule has 2 aromatic carbocycles. The molecule has 0 atom stereocenters. The Morgan fingerprint density at radius 3 is 2.60 bits per heavy atom. The van der Waals surface area contributed by atoms with Gasteiger partial charge in [0.15, 0.2) is 0 Å². The molecule has 2 rings (SSSR count). The van der Waals surface area contributed by atoms with Crippen molar-refractivity contribution in [2.24, 2.45) is 0 Å². The minimum Gasteiger partial charge on any atom is -0.496 e. The maximum Gasteiger partial charge on any atom is 0.123 e. The molecule has 0 aromatic heterocycles. The van der Waals surface area contributed by atoms with Crippen molar-refractivity contribution in [2.75, 3.05) is 12.4 Å². The highest BCUT2D eigenvalue weighted by molar-refractivity contribution is 5.48. The first-order chi connectivity index (χ1) is 9.60. The first-order valence-corrected chi connectivity index (χ1v) is 7.07. The van der Waals surface area contributed by atoms with Crippen LogP contribution < -0.4 is 10.1 Å². The summed E-state index contributed by atoms with van der Waals surface area (Å²) < 4.78 is 5.41. The Hall–Kier alpha value is -1.96. The molecule has 2 aromatic rings. The number of methoxy groups -OCH3 is 1. The predicted molar refractivity (Wildman–Crippen MR) is 85.6 cm³/mol. The molecule has 0 radical (unpaired) electrons. The molecular weight excluding hydrogens is 246 g/mol. The van der Waals surface area contributed by atoms with Gasteiger partial charge in [-0.2, -0.15) is 0 Å². The van der Waals surface area contributed by atoms with E-state index in [9.17, 15) is 0 Å². The van der Waals surface area contributed by atoms with Gasteiger partial charge in [0.1, 0.15) is 5.75 Å². The normalized spacial score (nSPS) is 10.7. The van der Waals surface area contributed by atoms with E-state index in [4.69, 9.17) is 4.74 Å². The Morgan fingerprint density at radius 2 is 1.90 bits per heavy atom. The number of ether oxygens (including phenoxy) is 1. The van der Waals surface area contributed by atoms with Crippen molar-refractivity contribution >= 4 is 5.69 Å². The van der Waals surface area contributed by atoms with E-state index in [0.717, 1.165) is 18.0 Å². The minimum absolute atomic E-state index is 0.547. The summed E-state index contributed by atoms with van der Waals surface area (Å²) in [6.45, 7) is 7.29. The van der Waals surface area contributed by atoms with Crippen LogP contribution in [-0.2, 0) is 6.54 Å². The minimum atomic E-state index is 0.547. The van der Waals surface area contributed by atoms with E-state index < -0.39 is 0 Å². The van der Waals surface area contributed by atoms with E-state index in [1.54, 1.807) is 7.11 Å². The van der Waals surface area contributed by atoms with Crippen LogP contribution in [0.25, 0.3) is 0 Å². The van der Waals surface area contributed by atoms with Gasteiger partial charge in [0, 0.05) is 17.8 Å². The second-order valence-corrected chi connectivity index (χ2v) is 5.45. The Morgan fingerprint density at radius 1 is 1.10 bits per heavy atom. The van der Waals surface area contributed by atoms with Gasteiger partial charge < -0.3 is 10.1 Å². The second-order valence-electron chi connectivity index (χ2n) is 5.45. The molecule has 1 N–H and O–H groups in total. The third-order valence-electron chi connectivity index (χ3n) is 3.47. The summed E-state index contributed by atoms with van der Waals surface area (Å²) in [5.74, 6) is 1.48. The Labute approximate surface area is 121 Å². The summed E-state index contributed by atoms with van der Waals surface area (Å²) in [7, 11) is 1.72. The molecular formula is C18H23NO. The third-order valence-corrected chi connectivity index (χ3v) is 3.47. The number of rotatable bonds is 5. The van der Waals surface area contributed by atoms with E-state index in [1.807, 2.05) is 6.07 Å². The summed E-state index contributed by atoms with van der Waals surface area (Å²) in [6.07, 6.45) is 0. The van der Waals surface area contributed by atoms with Crippen LogP contribution in [-0.4, -0.2) is 7.11 Å². The van der Waals surface area contributed by atoms with Crippen molar-refractivity contribution in [1.29, 1.82) is 0 Å². The largest absolute Gasteiger partial charge is 0.496 e. The highest BCUT2D eigenvalue weighted by atomic mass is 16.5. The van der Waals surface area contributed by atoms with Gasteiger partial charge in [0.2, 0.25) is 0 Å². The number of aryl methyl sites for hydroxylation is 1. The van der Waals surface area contributed by atoms with Crippen LogP contribution in [0.3, 0.4) is 0 Å². The van der Waals surface area contributed by atoms with Gasteiger partial charge in [0.25, 0.3) is 0 Å². The standard InChI is InChI=1S/C18H23NO/c1-13(2)15-6-5-7-17(11-15)19-12-16-10-14(3)8-9-18(16)20-4/h5-11,13,19H,12H2,1-4H3. The second kappa shape index (κ2) is 6.47.